The van der Waals surface area contributed by atoms with Crippen LogP contribution in [0.4, 0.5) is 5.82 Å². The quantitative estimate of drug-likeness (QED) is 0.788. The Kier molecular flexibility index (Phi) is 3.62. The maximum Gasteiger partial charge on any atom is 0.136 e. The Hall–Kier alpha value is -1.16. The molecular formula is C13H19N3S. The van der Waals surface area contributed by atoms with Crippen molar-refractivity contribution in [2.24, 2.45) is 11.7 Å². The third-order valence-electron chi connectivity index (χ3n) is 3.31. The van der Waals surface area contributed by atoms with Gasteiger partial charge in [-0.25, -0.2) is 4.98 Å². The van der Waals surface area contributed by atoms with Crippen molar-refractivity contribution in [3.63, 3.8) is 0 Å². The van der Waals surface area contributed by atoms with Crippen molar-refractivity contribution < 1.29 is 0 Å². The van der Waals surface area contributed by atoms with E-state index in [0.29, 0.717) is 11.0 Å². The lowest BCUT2D eigenvalue weighted by Gasteiger charge is -2.12. The van der Waals surface area contributed by atoms with Crippen LogP contribution in [-0.2, 0) is 0 Å². The molecule has 1 aliphatic carbocycles. The van der Waals surface area contributed by atoms with Gasteiger partial charge < -0.3 is 11.1 Å². The Labute approximate surface area is 108 Å². The molecule has 4 heteroatoms. The summed E-state index contributed by atoms with van der Waals surface area (Å²) in [6, 6.07) is 2.49. The van der Waals surface area contributed by atoms with Gasteiger partial charge in [-0.15, -0.1) is 0 Å². The number of nitrogens with two attached hydrogens (primary N) is 1. The van der Waals surface area contributed by atoms with Gasteiger partial charge >= 0.3 is 0 Å². The molecule has 2 rings (SSSR count). The maximum absolute atomic E-state index is 5.76. The summed E-state index contributed by atoms with van der Waals surface area (Å²) in [7, 11) is 0. The third-order valence-corrected chi connectivity index (χ3v) is 3.51. The molecule has 0 spiro atoms. The summed E-state index contributed by atoms with van der Waals surface area (Å²) in [6.07, 6.45) is 5.56. The van der Waals surface area contributed by atoms with Crippen LogP contribution in [0.3, 0.4) is 0 Å². The van der Waals surface area contributed by atoms with E-state index >= 15 is 0 Å². The minimum Gasteiger partial charge on any atom is -0.389 e. The van der Waals surface area contributed by atoms with E-state index < -0.39 is 0 Å². The number of nitrogens with zero attached hydrogens (tertiary/aromatic N) is 1. The summed E-state index contributed by atoms with van der Waals surface area (Å²) < 4.78 is 0. The average molecular weight is 249 g/mol. The Morgan fingerprint density at radius 1 is 1.65 bits per heavy atom. The van der Waals surface area contributed by atoms with Gasteiger partial charge in [0.25, 0.3) is 0 Å². The van der Waals surface area contributed by atoms with Gasteiger partial charge in [0.05, 0.1) is 5.56 Å². The molecule has 1 aromatic heterocycles. The summed E-state index contributed by atoms with van der Waals surface area (Å²) >= 11 is 5.09. The van der Waals surface area contributed by atoms with Crippen LogP contribution in [0.25, 0.3) is 0 Å². The van der Waals surface area contributed by atoms with Gasteiger partial charge in [-0.3, -0.25) is 0 Å². The van der Waals surface area contributed by atoms with E-state index in [4.69, 9.17) is 18.0 Å². The molecule has 0 aliphatic heterocycles. The summed E-state index contributed by atoms with van der Waals surface area (Å²) in [4.78, 5) is 4.78. The van der Waals surface area contributed by atoms with Gasteiger partial charge in [0.15, 0.2) is 0 Å². The van der Waals surface area contributed by atoms with Crippen LogP contribution in [-0.4, -0.2) is 16.0 Å². The lowest BCUT2D eigenvalue weighted by atomic mass is 10.1. The number of aryl methyl sites for hydroxylation is 1. The van der Waals surface area contributed by atoms with Crippen molar-refractivity contribution >= 4 is 23.0 Å². The largest absolute Gasteiger partial charge is 0.389 e. The summed E-state index contributed by atoms with van der Waals surface area (Å²) in [6.45, 7) is 4.23. The zero-order valence-corrected chi connectivity index (χ0v) is 11.2. The molecule has 3 N–H and O–H groups in total. The number of nitrogens with one attached hydrogen (secondary N) is 1. The fraction of sp³-hybridized carbons (Fsp3) is 0.538. The molecule has 3 nitrogen and oxygen atoms in total. The molecule has 1 fully saturated rings. The maximum atomic E-state index is 5.76. The van der Waals surface area contributed by atoms with Crippen LogP contribution in [0.2, 0.25) is 0 Å². The molecule has 1 heterocycles. The average Bonchev–Trinajstić information content (AvgIpc) is 2.96. The first kappa shape index (κ1) is 12.3. The molecule has 0 radical (unpaired) electrons. The Balaban J connectivity index is 2.11. The Morgan fingerprint density at radius 2 is 2.41 bits per heavy atom. The van der Waals surface area contributed by atoms with Crippen LogP contribution in [0, 0.1) is 12.8 Å². The Morgan fingerprint density at radius 3 is 3.06 bits per heavy atom. The topological polar surface area (TPSA) is 50.9 Å². The van der Waals surface area contributed by atoms with Gasteiger partial charge in [0, 0.05) is 12.2 Å². The smallest absolute Gasteiger partial charge is 0.136 e. The highest BCUT2D eigenvalue weighted by Gasteiger charge is 2.36. The second-order valence-electron chi connectivity index (χ2n) is 4.75. The van der Waals surface area contributed by atoms with E-state index in [1.165, 1.54) is 19.3 Å². The number of hydrogen-bond donors (Lipinski definition) is 2. The highest BCUT2D eigenvalue weighted by molar-refractivity contribution is 7.80. The minimum atomic E-state index is 0.422. The lowest BCUT2D eigenvalue weighted by molar-refractivity contribution is 0.692. The van der Waals surface area contributed by atoms with E-state index in [2.05, 4.69) is 17.2 Å². The monoisotopic (exact) mass is 249 g/mol. The highest BCUT2D eigenvalue weighted by atomic mass is 32.1. The Bertz CT molecular complexity index is 431. The van der Waals surface area contributed by atoms with Crippen LogP contribution < -0.4 is 11.1 Å². The van der Waals surface area contributed by atoms with Crippen molar-refractivity contribution in [1.82, 2.24) is 4.98 Å². The molecular weight excluding hydrogens is 230 g/mol. The third kappa shape index (κ3) is 2.75. The molecule has 0 aromatic carbocycles. The molecule has 2 unspecified atom stereocenters. The molecule has 17 heavy (non-hydrogen) atoms. The highest BCUT2D eigenvalue weighted by Crippen LogP contribution is 2.37. The number of aromatic nitrogens is 1. The summed E-state index contributed by atoms with van der Waals surface area (Å²) in [5.74, 6) is 1.64. The van der Waals surface area contributed by atoms with Gasteiger partial charge in [0.1, 0.15) is 10.8 Å². The molecule has 1 aliphatic rings. The van der Waals surface area contributed by atoms with Crippen molar-refractivity contribution in [2.75, 3.05) is 5.32 Å². The molecule has 0 saturated heterocycles. The van der Waals surface area contributed by atoms with Crippen molar-refractivity contribution in [1.29, 1.82) is 0 Å². The van der Waals surface area contributed by atoms with Crippen molar-refractivity contribution in [2.45, 2.75) is 39.2 Å². The van der Waals surface area contributed by atoms with Crippen LogP contribution >= 0.6 is 12.2 Å². The number of anilines is 1. The van der Waals surface area contributed by atoms with Gasteiger partial charge in [-0.2, -0.15) is 0 Å². The number of hydrogen-bond acceptors (Lipinski definition) is 3. The molecule has 0 amide bonds. The second-order valence-corrected chi connectivity index (χ2v) is 5.19. The number of thiocarbonyl (C=S) groups is 1. The van der Waals surface area contributed by atoms with Gasteiger partial charge in [0.2, 0.25) is 0 Å². The molecule has 1 saturated carbocycles. The normalized spacial score (nSPS) is 22.2. The van der Waals surface area contributed by atoms with E-state index in [0.717, 1.165) is 22.9 Å². The molecule has 92 valence electrons. The SMILES string of the molecule is CCCC1CC1Nc1nccc(C)c1C(N)=S. The number of rotatable bonds is 5. The summed E-state index contributed by atoms with van der Waals surface area (Å²) in [5.41, 5.74) is 7.74. The van der Waals surface area contributed by atoms with E-state index in [9.17, 15) is 0 Å². The second kappa shape index (κ2) is 5.00. The zero-order valence-electron chi connectivity index (χ0n) is 10.4. The fourth-order valence-electron chi connectivity index (χ4n) is 2.27. The molecule has 2 atom stereocenters. The van der Waals surface area contributed by atoms with Crippen LogP contribution in [0.5, 0.6) is 0 Å². The first-order chi connectivity index (χ1) is 8.13. The minimum absolute atomic E-state index is 0.422. The summed E-state index contributed by atoms with van der Waals surface area (Å²) in [5, 5.41) is 3.46. The van der Waals surface area contributed by atoms with Gasteiger partial charge in [-0.05, 0) is 37.3 Å². The van der Waals surface area contributed by atoms with E-state index in [1.54, 1.807) is 6.20 Å². The molecule has 0 bridgehead atoms. The van der Waals surface area contributed by atoms with Crippen molar-refractivity contribution in [3.8, 4) is 0 Å². The predicted octanol–water partition coefficient (Wildman–Crippen LogP) is 2.62. The zero-order chi connectivity index (χ0) is 12.4. The number of pyridine rings is 1. The van der Waals surface area contributed by atoms with Crippen molar-refractivity contribution in [3.05, 3.63) is 23.4 Å². The first-order valence-corrected chi connectivity index (χ1v) is 6.56. The fourth-order valence-corrected chi connectivity index (χ4v) is 2.53. The first-order valence-electron chi connectivity index (χ1n) is 6.15. The lowest BCUT2D eigenvalue weighted by Crippen LogP contribution is -2.17. The standard InChI is InChI=1S/C13H19N3S/c1-3-4-9-7-10(9)16-13-11(12(14)17)8(2)5-6-15-13/h5-6,9-10H,3-4,7H2,1-2H3,(H2,14,17)(H,15,16). The van der Waals surface area contributed by atoms with Crippen LogP contribution in [0.15, 0.2) is 12.3 Å². The van der Waals surface area contributed by atoms with Gasteiger partial charge in [-0.1, -0.05) is 25.6 Å². The van der Waals surface area contributed by atoms with E-state index in [-0.39, 0.29) is 0 Å². The predicted molar refractivity (Wildman–Crippen MR) is 75.3 cm³/mol. The van der Waals surface area contributed by atoms with Crippen LogP contribution in [0.1, 0.15) is 37.3 Å². The molecule has 1 aromatic rings. The van der Waals surface area contributed by atoms with E-state index in [1.807, 2.05) is 13.0 Å².